The summed E-state index contributed by atoms with van der Waals surface area (Å²) < 4.78 is 5.60. The molecule has 1 fully saturated rings. The third-order valence-corrected chi connectivity index (χ3v) is 5.50. The molecule has 2 aromatic rings. The molecular formula is C21H21NO4. The predicted octanol–water partition coefficient (Wildman–Crippen LogP) is 3.87. The zero-order chi connectivity index (χ0) is 18.3. The molecule has 2 aliphatic rings. The van der Waals surface area contributed by atoms with E-state index >= 15 is 0 Å². The highest BCUT2D eigenvalue weighted by Crippen LogP contribution is 2.44. The Morgan fingerprint density at radius 3 is 2.19 bits per heavy atom. The molecule has 0 radical (unpaired) electrons. The number of carboxylic acids is 1. The number of hydrogen-bond donors (Lipinski definition) is 1. The van der Waals surface area contributed by atoms with Crippen molar-refractivity contribution in [3.63, 3.8) is 0 Å². The molecule has 0 unspecified atom stereocenters. The molecule has 1 N–H and O–H groups in total. The van der Waals surface area contributed by atoms with Gasteiger partial charge >= 0.3 is 12.1 Å². The zero-order valence-corrected chi connectivity index (χ0v) is 14.6. The molecule has 2 aromatic carbocycles. The van der Waals surface area contributed by atoms with E-state index in [0.717, 1.165) is 11.1 Å². The van der Waals surface area contributed by atoms with Gasteiger partial charge in [-0.1, -0.05) is 48.5 Å². The summed E-state index contributed by atoms with van der Waals surface area (Å²) >= 11 is 0. The molecule has 1 saturated heterocycles. The molecule has 1 heterocycles. The molecule has 0 spiro atoms. The first-order valence-corrected chi connectivity index (χ1v) is 8.94. The topological polar surface area (TPSA) is 66.8 Å². The lowest BCUT2D eigenvalue weighted by Gasteiger charge is -2.26. The van der Waals surface area contributed by atoms with Gasteiger partial charge in [0, 0.05) is 12.0 Å². The lowest BCUT2D eigenvalue weighted by atomic mass is 9.98. The van der Waals surface area contributed by atoms with E-state index in [1.165, 1.54) is 16.0 Å². The van der Waals surface area contributed by atoms with E-state index in [1.807, 2.05) is 31.2 Å². The van der Waals surface area contributed by atoms with Crippen molar-refractivity contribution in [2.75, 3.05) is 6.61 Å². The van der Waals surface area contributed by atoms with E-state index in [9.17, 15) is 14.7 Å². The average Bonchev–Trinajstić information content (AvgIpc) is 3.18. The van der Waals surface area contributed by atoms with Gasteiger partial charge in [0.25, 0.3) is 0 Å². The Bertz CT molecular complexity index is 817. The van der Waals surface area contributed by atoms with Crippen LogP contribution in [0.3, 0.4) is 0 Å². The van der Waals surface area contributed by atoms with Gasteiger partial charge in [-0.3, -0.25) is 4.90 Å². The molecule has 5 nitrogen and oxygen atoms in total. The van der Waals surface area contributed by atoms with E-state index in [-0.39, 0.29) is 18.6 Å². The summed E-state index contributed by atoms with van der Waals surface area (Å²) in [4.78, 5) is 25.4. The summed E-state index contributed by atoms with van der Waals surface area (Å²) in [5, 5.41) is 9.34. The number of likely N-dealkylation sites (tertiary alicyclic amines) is 1. The maximum Gasteiger partial charge on any atom is 0.410 e. The minimum Gasteiger partial charge on any atom is -0.480 e. The molecule has 26 heavy (non-hydrogen) atoms. The van der Waals surface area contributed by atoms with Gasteiger partial charge < -0.3 is 9.84 Å². The first-order chi connectivity index (χ1) is 12.6. The molecule has 1 aliphatic carbocycles. The number of benzene rings is 2. The minimum absolute atomic E-state index is 0.0208. The normalized spacial score (nSPS) is 21.3. The highest BCUT2D eigenvalue weighted by molar-refractivity contribution is 5.82. The quantitative estimate of drug-likeness (QED) is 0.911. The Kier molecular flexibility index (Phi) is 4.15. The van der Waals surface area contributed by atoms with Gasteiger partial charge in [0.2, 0.25) is 0 Å². The van der Waals surface area contributed by atoms with Gasteiger partial charge in [0.05, 0.1) is 0 Å². The Morgan fingerprint density at radius 2 is 1.62 bits per heavy atom. The second-order valence-corrected chi connectivity index (χ2v) is 6.99. The largest absolute Gasteiger partial charge is 0.480 e. The SMILES string of the molecule is C[C@@H]1CC[C@H](C(=O)O)N1C(=O)OCC1c2ccccc2-c2ccccc21. The van der Waals surface area contributed by atoms with Crippen LogP contribution in [0.1, 0.15) is 36.8 Å². The van der Waals surface area contributed by atoms with Gasteiger partial charge in [-0.05, 0) is 42.0 Å². The summed E-state index contributed by atoms with van der Waals surface area (Å²) in [6.45, 7) is 2.08. The van der Waals surface area contributed by atoms with E-state index in [4.69, 9.17) is 4.74 Å². The molecule has 134 valence electrons. The van der Waals surface area contributed by atoms with Crippen LogP contribution in [0.2, 0.25) is 0 Å². The third-order valence-electron chi connectivity index (χ3n) is 5.50. The van der Waals surface area contributed by atoms with Crippen LogP contribution in [0.15, 0.2) is 48.5 Å². The summed E-state index contributed by atoms with van der Waals surface area (Å²) in [7, 11) is 0. The van der Waals surface area contributed by atoms with Crippen LogP contribution in [0.5, 0.6) is 0 Å². The van der Waals surface area contributed by atoms with Gasteiger partial charge in [-0.25, -0.2) is 9.59 Å². The second-order valence-electron chi connectivity index (χ2n) is 6.99. The highest BCUT2D eigenvalue weighted by Gasteiger charge is 2.40. The number of aliphatic carboxylic acids is 1. The number of carbonyl (C=O) groups excluding carboxylic acids is 1. The molecular weight excluding hydrogens is 330 g/mol. The summed E-state index contributed by atoms with van der Waals surface area (Å²) in [6, 6.07) is 15.4. The maximum atomic E-state index is 12.6. The number of rotatable bonds is 3. The molecule has 2 atom stereocenters. The first-order valence-electron chi connectivity index (χ1n) is 8.94. The molecule has 0 aromatic heterocycles. The van der Waals surface area contributed by atoms with E-state index < -0.39 is 18.1 Å². The van der Waals surface area contributed by atoms with Crippen molar-refractivity contribution < 1.29 is 19.4 Å². The fourth-order valence-corrected chi connectivity index (χ4v) is 4.20. The maximum absolute atomic E-state index is 12.6. The second kappa shape index (κ2) is 6.48. The van der Waals surface area contributed by atoms with Gasteiger partial charge in [0.15, 0.2) is 0 Å². The Hall–Kier alpha value is -2.82. The minimum atomic E-state index is -0.970. The van der Waals surface area contributed by atoms with Crippen LogP contribution < -0.4 is 0 Å². The zero-order valence-electron chi connectivity index (χ0n) is 14.6. The van der Waals surface area contributed by atoms with Crippen molar-refractivity contribution in [3.05, 3.63) is 59.7 Å². The van der Waals surface area contributed by atoms with Crippen LogP contribution in [0.25, 0.3) is 11.1 Å². The number of hydrogen-bond acceptors (Lipinski definition) is 3. The molecule has 4 rings (SSSR count). The Morgan fingerprint density at radius 1 is 1.04 bits per heavy atom. The van der Waals surface area contributed by atoms with Crippen LogP contribution in [0, 0.1) is 0 Å². The standard InChI is InChI=1S/C21H21NO4/c1-13-10-11-19(20(23)24)22(13)21(25)26-12-18-16-8-4-2-6-14(16)15-7-3-5-9-17(15)18/h2-9,13,18-19H,10-12H2,1H3,(H,23,24)/t13-,19-/m1/s1. The van der Waals surface area contributed by atoms with Crippen molar-refractivity contribution in [1.29, 1.82) is 0 Å². The number of nitrogens with zero attached hydrogens (tertiary/aromatic N) is 1. The third kappa shape index (κ3) is 2.64. The van der Waals surface area contributed by atoms with Gasteiger partial charge in [0.1, 0.15) is 12.6 Å². The first kappa shape index (κ1) is 16.6. The monoisotopic (exact) mass is 351 g/mol. The van der Waals surface area contributed by atoms with Crippen molar-refractivity contribution in [2.45, 2.75) is 37.8 Å². The van der Waals surface area contributed by atoms with Gasteiger partial charge in [-0.2, -0.15) is 0 Å². The summed E-state index contributed by atoms with van der Waals surface area (Å²) in [5.74, 6) is -0.990. The Labute approximate surface area is 152 Å². The lowest BCUT2D eigenvalue weighted by molar-refractivity contribution is -0.142. The summed E-state index contributed by atoms with van der Waals surface area (Å²) in [5.41, 5.74) is 4.63. The predicted molar refractivity (Wildman–Crippen MR) is 97.0 cm³/mol. The van der Waals surface area contributed by atoms with Crippen LogP contribution in [-0.2, 0) is 9.53 Å². The van der Waals surface area contributed by atoms with E-state index in [0.29, 0.717) is 12.8 Å². The van der Waals surface area contributed by atoms with Crippen molar-refractivity contribution in [1.82, 2.24) is 4.90 Å². The van der Waals surface area contributed by atoms with E-state index in [2.05, 4.69) is 24.3 Å². The fourth-order valence-electron chi connectivity index (χ4n) is 4.20. The fraction of sp³-hybridized carbons (Fsp3) is 0.333. The molecule has 1 amide bonds. The molecule has 0 bridgehead atoms. The highest BCUT2D eigenvalue weighted by atomic mass is 16.6. The van der Waals surface area contributed by atoms with Crippen molar-refractivity contribution in [3.8, 4) is 11.1 Å². The molecule has 5 heteroatoms. The smallest absolute Gasteiger partial charge is 0.410 e. The van der Waals surface area contributed by atoms with Gasteiger partial charge in [-0.15, -0.1) is 0 Å². The van der Waals surface area contributed by atoms with Crippen molar-refractivity contribution in [2.24, 2.45) is 0 Å². The number of fused-ring (bicyclic) bond motifs is 3. The van der Waals surface area contributed by atoms with Crippen LogP contribution >= 0.6 is 0 Å². The Balaban J connectivity index is 1.55. The number of carbonyl (C=O) groups is 2. The lowest BCUT2D eigenvalue weighted by Crippen LogP contribution is -2.44. The van der Waals surface area contributed by atoms with Crippen LogP contribution in [-0.4, -0.2) is 40.8 Å². The van der Waals surface area contributed by atoms with E-state index in [1.54, 1.807) is 0 Å². The van der Waals surface area contributed by atoms with Crippen LogP contribution in [0.4, 0.5) is 4.79 Å². The summed E-state index contributed by atoms with van der Waals surface area (Å²) in [6.07, 6.45) is 0.617. The number of amides is 1. The van der Waals surface area contributed by atoms with Crippen molar-refractivity contribution >= 4 is 12.1 Å². The number of ether oxygens (including phenoxy) is 1. The molecule has 1 aliphatic heterocycles. The number of carboxylic acid groups (broad SMARTS) is 1. The average molecular weight is 351 g/mol. The molecule has 0 saturated carbocycles.